The maximum absolute atomic E-state index is 12.9. The van der Waals surface area contributed by atoms with Crippen LogP contribution in [0.3, 0.4) is 0 Å². The Kier molecular flexibility index (Phi) is 64.5. The predicted octanol–water partition coefficient (Wildman–Crippen LogP) is 17.1. The molecule has 0 spiro atoms. The Morgan fingerprint density at radius 3 is 1.16 bits per heavy atom. The molecule has 0 aromatic rings. The average Bonchev–Trinajstić information content (AvgIpc) is 3.70. The molecule has 0 bridgehead atoms. The molecule has 2 saturated carbocycles. The topological polar surface area (TPSA) is 64.6 Å². The molecule has 12 heteroatoms. The van der Waals surface area contributed by atoms with E-state index in [0.717, 1.165) is 50.0 Å². The van der Waals surface area contributed by atoms with Crippen molar-refractivity contribution in [3.8, 4) is 0 Å². The normalized spacial score (nSPS) is 16.1. The molecule has 2 rings (SSSR count). The van der Waals surface area contributed by atoms with Crippen molar-refractivity contribution in [2.75, 3.05) is 0 Å². The predicted molar refractivity (Wildman–Crippen MR) is 273 cm³/mol. The van der Waals surface area contributed by atoms with Crippen LogP contribution in [0.25, 0.3) is 0 Å². The molecule has 1 N–H and O–H groups in total. The minimum Gasteiger partial charge on any atom is -0.373 e. The summed E-state index contributed by atoms with van der Waals surface area (Å²) in [6, 6.07) is 0.0115. The first kappa shape index (κ1) is 86.3. The SMILES string of the molecule is CC.CC(C)(C)C.CC(C)C(F)F.CC(C)C/C=C/C(F)(F)C(C)C.CC(C)NS(=O)(=O)C1(C)CC1.CC(C)O[C@@H]1CCC[C@H]1OC(C)C.CCC(C)C.CCC(C)C.[B].[CH3-].[CH3-].[W+2]. The fourth-order valence-corrected chi connectivity index (χ4v) is 5.03. The maximum Gasteiger partial charge on any atom is 2.00 e. The van der Waals surface area contributed by atoms with E-state index in [2.05, 4.69) is 102 Å². The Bertz CT molecular complexity index is 1010. The van der Waals surface area contributed by atoms with E-state index in [-0.39, 0.29) is 50.4 Å². The summed E-state index contributed by atoms with van der Waals surface area (Å²) >= 11 is 0. The van der Waals surface area contributed by atoms with E-state index in [1.54, 1.807) is 13.0 Å². The van der Waals surface area contributed by atoms with Crippen LogP contribution in [-0.2, 0) is 40.6 Å². The molecule has 0 aromatic heterocycles. The van der Waals surface area contributed by atoms with Crippen LogP contribution in [0, 0.1) is 49.9 Å². The number of ether oxygens (including phenoxy) is 2. The van der Waals surface area contributed by atoms with E-state index in [4.69, 9.17) is 9.47 Å². The van der Waals surface area contributed by atoms with Crippen molar-refractivity contribution in [3.63, 3.8) is 0 Å². The molecule has 0 aliphatic heterocycles. The number of nitrogens with one attached hydrogen (secondary N) is 1. The van der Waals surface area contributed by atoms with Gasteiger partial charge in [-0.2, -0.15) is 0 Å². The van der Waals surface area contributed by atoms with Gasteiger partial charge in [0.05, 0.1) is 29.2 Å². The Balaban J connectivity index is -0.0000000661. The standard InChI is InChI=1S/C11H22O2.C10H18F2.C7H15NO2S.3C5H12.C4H8F2.C2H6.2CH3.B.W/c1-8(2)12-10-6-5-7-11(10)13-9(3)4;1-8(2)6-5-7-10(11,12)9(3)4;1-6(2)8-11(9,10)7(3)4-5-7;1-5(2,3)4;2*1-4-5(2)3;1-3(2)4(5)6;1-2;;;;/h8-11H,5-7H2,1-4H3;5,7-9H,6H2,1-4H3;6,8H,4-5H2,1-3H3;1-4H3;2*5H,4H2,1-3H3;3-4H,1-2H3;1-2H3;2*1H3;;/q;;;;;;;;2*-1;;+2/b;7-5+;;;;;;;;;;/t10-,11-;;;;;;;;;;;/m1.........../s1. The third-order valence-electron chi connectivity index (χ3n) is 8.13. The molecule has 2 atom stereocenters. The quantitative estimate of drug-likeness (QED) is 0.0815. The van der Waals surface area contributed by atoms with Gasteiger partial charge in [0.2, 0.25) is 16.4 Å². The number of hydrogen-bond acceptors (Lipinski definition) is 4. The first-order chi connectivity index (χ1) is 26.5. The van der Waals surface area contributed by atoms with Crippen molar-refractivity contribution in [2.45, 2.75) is 272 Å². The summed E-state index contributed by atoms with van der Waals surface area (Å²) in [6.45, 7) is 49.9. The molecule has 0 unspecified atom stereocenters. The van der Waals surface area contributed by atoms with Crippen molar-refractivity contribution in [1.29, 1.82) is 0 Å². The number of halogens is 4. The molecule has 2 aliphatic rings. The van der Waals surface area contributed by atoms with E-state index in [1.165, 1.54) is 47.0 Å². The van der Waals surface area contributed by atoms with Crippen LogP contribution in [0.15, 0.2) is 12.2 Å². The first-order valence-corrected chi connectivity index (χ1v) is 24.7. The molecule has 0 amide bonds. The van der Waals surface area contributed by atoms with Gasteiger partial charge in [-0.25, -0.2) is 30.7 Å². The van der Waals surface area contributed by atoms with E-state index in [0.29, 0.717) is 35.7 Å². The Labute approximate surface area is 411 Å². The molecule has 2 fully saturated rings. The van der Waals surface area contributed by atoms with Crippen molar-refractivity contribution in [1.82, 2.24) is 4.72 Å². The van der Waals surface area contributed by atoms with Gasteiger partial charge in [-0.15, -0.1) is 0 Å². The monoisotopic (exact) mass is 1100 g/mol. The Morgan fingerprint density at radius 2 is 0.984 bits per heavy atom. The van der Waals surface area contributed by atoms with Crippen LogP contribution in [0.2, 0.25) is 0 Å². The third kappa shape index (κ3) is 66.4. The van der Waals surface area contributed by atoms with E-state index in [1.807, 2.05) is 41.5 Å². The summed E-state index contributed by atoms with van der Waals surface area (Å²) in [6.07, 6.45) is 10.3. The van der Waals surface area contributed by atoms with E-state index < -0.39 is 39.0 Å². The van der Waals surface area contributed by atoms with Crippen molar-refractivity contribution in [2.24, 2.45) is 35.0 Å². The largest absolute Gasteiger partial charge is 2.00 e. The summed E-state index contributed by atoms with van der Waals surface area (Å²) in [4.78, 5) is 0. The van der Waals surface area contributed by atoms with Gasteiger partial charge in [-0.3, -0.25) is 0 Å². The minimum atomic E-state index is -3.04. The molecule has 0 saturated heterocycles. The number of hydrogen-bond donors (Lipinski definition) is 1. The molecule has 2 aliphatic carbocycles. The van der Waals surface area contributed by atoms with Crippen LogP contribution in [0.4, 0.5) is 17.6 Å². The van der Waals surface area contributed by atoms with Crippen LogP contribution >= 0.6 is 0 Å². The minimum absolute atomic E-state index is 0. The molecular formula is C51H111BF4NO4SW. The molecular weight excluding hydrogens is 993 g/mol. The number of allylic oxidation sites excluding steroid dienone is 2. The molecule has 0 aromatic carbocycles. The van der Waals surface area contributed by atoms with Gasteiger partial charge >= 0.3 is 21.1 Å². The van der Waals surface area contributed by atoms with Gasteiger partial charge in [0.25, 0.3) is 5.92 Å². The summed E-state index contributed by atoms with van der Waals surface area (Å²) < 4.78 is 84.7. The molecule has 5 nitrogen and oxygen atoms in total. The van der Waals surface area contributed by atoms with Crippen LogP contribution in [0.5, 0.6) is 0 Å². The second-order valence-electron chi connectivity index (χ2n) is 20.1. The van der Waals surface area contributed by atoms with Gasteiger partial charge in [0.1, 0.15) is 0 Å². The van der Waals surface area contributed by atoms with E-state index >= 15 is 0 Å². The summed E-state index contributed by atoms with van der Waals surface area (Å²) in [5, 5.41) is 0. The van der Waals surface area contributed by atoms with Gasteiger partial charge in [0, 0.05) is 26.3 Å². The zero-order valence-corrected chi connectivity index (χ0v) is 50.5. The fraction of sp³-hybridized carbons (Fsp3) is 0.922. The number of rotatable bonds is 14. The third-order valence-corrected chi connectivity index (χ3v) is 10.6. The van der Waals surface area contributed by atoms with Crippen molar-refractivity contribution < 1.29 is 56.5 Å². The second kappa shape index (κ2) is 47.1. The number of alkyl halides is 4. The summed E-state index contributed by atoms with van der Waals surface area (Å²) in [5.41, 5.74) is 0.500. The van der Waals surface area contributed by atoms with Gasteiger partial charge < -0.3 is 24.3 Å². The van der Waals surface area contributed by atoms with Gasteiger partial charge in [-0.1, -0.05) is 144 Å². The molecule has 63 heavy (non-hydrogen) atoms. The Hall–Kier alpha value is 0.0432. The maximum atomic E-state index is 12.9. The second-order valence-corrected chi connectivity index (χ2v) is 22.4. The smallest absolute Gasteiger partial charge is 0.373 e. The van der Waals surface area contributed by atoms with E-state index in [9.17, 15) is 26.0 Å². The number of sulfonamides is 1. The van der Waals surface area contributed by atoms with Gasteiger partial charge in [-0.05, 0) is 116 Å². The first-order valence-electron chi connectivity index (χ1n) is 23.2. The summed E-state index contributed by atoms with van der Waals surface area (Å²) in [7, 11) is -3.04. The fourth-order valence-electron chi connectivity index (χ4n) is 3.49. The molecule has 3 radical (unpaired) electrons. The zero-order valence-electron chi connectivity index (χ0n) is 46.7. The van der Waals surface area contributed by atoms with Crippen LogP contribution in [-0.4, -0.2) is 64.4 Å². The molecule has 0 heterocycles. The summed E-state index contributed by atoms with van der Waals surface area (Å²) in [5.74, 6) is -1.52. The van der Waals surface area contributed by atoms with Gasteiger partial charge in [0.15, 0.2) is 0 Å². The van der Waals surface area contributed by atoms with Crippen molar-refractivity contribution >= 4 is 18.4 Å². The molecule has 387 valence electrons. The average molecular weight is 1110 g/mol. The van der Waals surface area contributed by atoms with Crippen LogP contribution in [0.1, 0.15) is 224 Å². The Morgan fingerprint density at radius 1 is 0.698 bits per heavy atom. The van der Waals surface area contributed by atoms with Crippen molar-refractivity contribution in [3.05, 3.63) is 27.0 Å². The zero-order chi connectivity index (χ0) is 48.5. The van der Waals surface area contributed by atoms with Crippen LogP contribution < -0.4 is 4.72 Å².